The number of hydrogen-bond acceptors (Lipinski definition) is 6. The number of thioether (sulfide) groups is 1. The minimum absolute atomic E-state index is 0.142. The molecular formula is C26H22ClNO4S2. The quantitative estimate of drug-likeness (QED) is 0.183. The second-order valence-corrected chi connectivity index (χ2v) is 9.20. The fourth-order valence-electron chi connectivity index (χ4n) is 3.29. The first kappa shape index (κ1) is 24.1. The number of anilines is 1. The Labute approximate surface area is 213 Å². The highest BCUT2D eigenvalue weighted by molar-refractivity contribution is 8.27. The van der Waals surface area contributed by atoms with Crippen LogP contribution in [0.5, 0.6) is 17.2 Å². The molecule has 3 aromatic carbocycles. The van der Waals surface area contributed by atoms with Gasteiger partial charge >= 0.3 is 0 Å². The number of ether oxygens (including phenoxy) is 3. The van der Waals surface area contributed by atoms with Gasteiger partial charge in [0.1, 0.15) is 19.0 Å². The number of benzene rings is 3. The van der Waals surface area contributed by atoms with E-state index >= 15 is 0 Å². The first-order valence-electron chi connectivity index (χ1n) is 10.7. The molecule has 5 nitrogen and oxygen atoms in total. The van der Waals surface area contributed by atoms with Gasteiger partial charge in [-0.25, -0.2) is 0 Å². The summed E-state index contributed by atoms with van der Waals surface area (Å²) in [5.74, 6) is 1.66. The Morgan fingerprint density at radius 2 is 1.62 bits per heavy atom. The van der Waals surface area contributed by atoms with E-state index in [1.807, 2.05) is 79.7 Å². The molecule has 3 aromatic rings. The molecule has 8 heteroatoms. The number of hydrogen-bond donors (Lipinski definition) is 0. The summed E-state index contributed by atoms with van der Waals surface area (Å²) in [6, 6.07) is 22.2. The van der Waals surface area contributed by atoms with Crippen LogP contribution < -0.4 is 19.1 Å². The fourth-order valence-corrected chi connectivity index (χ4v) is 4.78. The van der Waals surface area contributed by atoms with Crippen LogP contribution in [0.2, 0.25) is 5.02 Å². The lowest BCUT2D eigenvalue weighted by molar-refractivity contribution is -0.113. The van der Waals surface area contributed by atoms with Crippen molar-refractivity contribution in [3.8, 4) is 17.2 Å². The Kier molecular flexibility index (Phi) is 8.11. The van der Waals surface area contributed by atoms with Crippen molar-refractivity contribution in [1.82, 2.24) is 0 Å². The van der Waals surface area contributed by atoms with E-state index in [1.54, 1.807) is 11.0 Å². The van der Waals surface area contributed by atoms with E-state index in [2.05, 4.69) is 0 Å². The van der Waals surface area contributed by atoms with Crippen LogP contribution in [-0.4, -0.2) is 30.0 Å². The molecule has 0 spiro atoms. The molecule has 34 heavy (non-hydrogen) atoms. The summed E-state index contributed by atoms with van der Waals surface area (Å²) in [4.78, 5) is 15.1. The second kappa shape index (κ2) is 11.4. The molecule has 1 aliphatic rings. The lowest BCUT2D eigenvalue weighted by Gasteiger charge is -2.14. The largest absolute Gasteiger partial charge is 0.490 e. The number of carbonyl (C=O) groups is 1. The van der Waals surface area contributed by atoms with E-state index in [4.69, 9.17) is 38.0 Å². The second-order valence-electron chi connectivity index (χ2n) is 7.12. The highest BCUT2D eigenvalue weighted by Gasteiger charge is 2.33. The Morgan fingerprint density at radius 1 is 0.912 bits per heavy atom. The molecule has 0 atom stereocenters. The molecule has 174 valence electrons. The molecule has 0 unspecified atom stereocenters. The van der Waals surface area contributed by atoms with Crippen LogP contribution in [0.15, 0.2) is 77.7 Å². The Hall–Kier alpha value is -3.00. The van der Waals surface area contributed by atoms with Gasteiger partial charge in [0.05, 0.1) is 22.2 Å². The van der Waals surface area contributed by atoms with Gasteiger partial charge in [0, 0.05) is 0 Å². The Balaban J connectivity index is 1.45. The predicted molar refractivity (Wildman–Crippen MR) is 142 cm³/mol. The number of nitrogens with zero attached hydrogens (tertiary/aromatic N) is 1. The van der Waals surface area contributed by atoms with Gasteiger partial charge in [-0.3, -0.25) is 9.69 Å². The van der Waals surface area contributed by atoms with Crippen molar-refractivity contribution in [3.63, 3.8) is 0 Å². The number of thiocarbonyl (C=S) groups is 1. The summed E-state index contributed by atoms with van der Waals surface area (Å²) >= 11 is 12.8. The van der Waals surface area contributed by atoms with Gasteiger partial charge in [0.15, 0.2) is 15.8 Å². The average Bonchev–Trinajstić information content (AvgIpc) is 3.12. The fraction of sp³-hybridized carbons (Fsp3) is 0.154. The highest BCUT2D eigenvalue weighted by Crippen LogP contribution is 2.37. The third-order valence-electron chi connectivity index (χ3n) is 4.81. The molecule has 0 radical (unpaired) electrons. The smallest absolute Gasteiger partial charge is 0.270 e. The molecule has 0 bridgehead atoms. The van der Waals surface area contributed by atoms with Crippen molar-refractivity contribution in [1.29, 1.82) is 0 Å². The first-order chi connectivity index (χ1) is 16.6. The zero-order chi connectivity index (χ0) is 23.9. The zero-order valence-corrected chi connectivity index (χ0v) is 20.8. The monoisotopic (exact) mass is 511 g/mol. The lowest BCUT2D eigenvalue weighted by atomic mass is 10.1. The molecule has 0 aliphatic carbocycles. The van der Waals surface area contributed by atoms with Crippen LogP contribution in [0.25, 0.3) is 6.08 Å². The van der Waals surface area contributed by atoms with Crippen LogP contribution in [-0.2, 0) is 4.79 Å². The Bertz CT molecular complexity index is 1220. The number of para-hydroxylation sites is 2. The average molecular weight is 512 g/mol. The molecular weight excluding hydrogens is 490 g/mol. The molecule has 1 heterocycles. The Morgan fingerprint density at radius 3 is 2.35 bits per heavy atom. The van der Waals surface area contributed by atoms with Crippen molar-refractivity contribution < 1.29 is 19.0 Å². The molecule has 0 saturated carbocycles. The van der Waals surface area contributed by atoms with Gasteiger partial charge in [0.25, 0.3) is 5.91 Å². The van der Waals surface area contributed by atoms with Crippen molar-refractivity contribution in [2.75, 3.05) is 24.7 Å². The van der Waals surface area contributed by atoms with Gasteiger partial charge in [-0.15, -0.1) is 0 Å². The van der Waals surface area contributed by atoms with Crippen molar-refractivity contribution in [2.24, 2.45) is 0 Å². The van der Waals surface area contributed by atoms with Crippen molar-refractivity contribution >= 4 is 57.6 Å². The maximum absolute atomic E-state index is 13.0. The predicted octanol–water partition coefficient (Wildman–Crippen LogP) is 6.60. The van der Waals surface area contributed by atoms with Crippen molar-refractivity contribution in [2.45, 2.75) is 6.92 Å². The summed E-state index contributed by atoms with van der Waals surface area (Å²) in [7, 11) is 0. The topological polar surface area (TPSA) is 48.0 Å². The lowest BCUT2D eigenvalue weighted by Crippen LogP contribution is -2.27. The third kappa shape index (κ3) is 5.73. The van der Waals surface area contributed by atoms with Crippen molar-refractivity contribution in [3.05, 3.63) is 88.3 Å². The van der Waals surface area contributed by atoms with E-state index < -0.39 is 0 Å². The molecule has 1 saturated heterocycles. The van der Waals surface area contributed by atoms with Gasteiger partial charge in [-0.2, -0.15) is 0 Å². The van der Waals surface area contributed by atoms with Gasteiger partial charge in [-0.05, 0) is 55.0 Å². The minimum atomic E-state index is -0.142. The summed E-state index contributed by atoms with van der Waals surface area (Å²) in [5.41, 5.74) is 1.57. The number of halogens is 1. The SMILES string of the molecule is CCOc1cc(/C=C2\SC(=S)N(c3ccccc3)C2=O)ccc1OCCOc1ccccc1Cl. The first-order valence-corrected chi connectivity index (χ1v) is 12.3. The molecule has 1 fully saturated rings. The molecule has 0 N–H and O–H groups in total. The molecule has 4 rings (SSSR count). The van der Waals surface area contributed by atoms with E-state index in [0.717, 1.165) is 11.3 Å². The van der Waals surface area contributed by atoms with Gasteiger partial charge in [0.2, 0.25) is 0 Å². The van der Waals surface area contributed by atoms with Crippen LogP contribution in [0.4, 0.5) is 5.69 Å². The highest BCUT2D eigenvalue weighted by atomic mass is 35.5. The number of amides is 1. The van der Waals surface area contributed by atoms with E-state index in [0.29, 0.717) is 51.3 Å². The summed E-state index contributed by atoms with van der Waals surface area (Å²) in [5, 5.41) is 0.555. The van der Waals surface area contributed by atoms with Gasteiger partial charge in [-0.1, -0.05) is 72.0 Å². The number of rotatable bonds is 9. The zero-order valence-electron chi connectivity index (χ0n) is 18.4. The van der Waals surface area contributed by atoms with E-state index in [1.165, 1.54) is 11.8 Å². The van der Waals surface area contributed by atoms with Crippen LogP contribution >= 0.6 is 35.6 Å². The molecule has 1 amide bonds. The van der Waals surface area contributed by atoms with E-state index in [9.17, 15) is 4.79 Å². The summed E-state index contributed by atoms with van der Waals surface area (Å²) in [6.07, 6.45) is 1.81. The van der Waals surface area contributed by atoms with Gasteiger partial charge < -0.3 is 14.2 Å². The maximum atomic E-state index is 13.0. The number of carbonyl (C=O) groups excluding carboxylic acids is 1. The summed E-state index contributed by atoms with van der Waals surface area (Å²) in [6.45, 7) is 3.04. The maximum Gasteiger partial charge on any atom is 0.270 e. The van der Waals surface area contributed by atoms with Crippen LogP contribution in [0, 0.1) is 0 Å². The molecule has 1 aliphatic heterocycles. The summed E-state index contributed by atoms with van der Waals surface area (Å²) < 4.78 is 17.8. The standard InChI is InChI=1S/C26H22ClNO4S2/c1-2-30-23-16-18(12-13-22(23)32-15-14-31-21-11-7-6-10-20(21)27)17-24-25(29)28(26(33)34-24)19-8-4-3-5-9-19/h3-13,16-17H,2,14-15H2,1H3/b24-17-. The third-order valence-corrected chi connectivity index (χ3v) is 6.42. The van der Waals surface area contributed by atoms with E-state index in [-0.39, 0.29) is 5.91 Å². The van der Waals surface area contributed by atoms with Crippen LogP contribution in [0.3, 0.4) is 0 Å². The normalized spacial score (nSPS) is 14.5. The minimum Gasteiger partial charge on any atom is -0.490 e. The molecule has 0 aromatic heterocycles. The van der Waals surface area contributed by atoms with Crippen LogP contribution in [0.1, 0.15) is 12.5 Å².